The van der Waals surface area contributed by atoms with Gasteiger partial charge in [-0.3, -0.25) is 4.90 Å². The lowest BCUT2D eigenvalue weighted by Crippen LogP contribution is -2.63. The number of amides is 1. The first-order valence-corrected chi connectivity index (χ1v) is 23.3. The van der Waals surface area contributed by atoms with E-state index < -0.39 is 25.3 Å². The molecule has 0 aliphatic carbocycles. The molecule has 4 atom stereocenters. The van der Waals surface area contributed by atoms with Gasteiger partial charge in [0.05, 0.1) is 34.8 Å². The average Bonchev–Trinajstić information content (AvgIpc) is 3.35. The summed E-state index contributed by atoms with van der Waals surface area (Å²) in [5, 5.41) is 2.45. The van der Waals surface area contributed by atoms with Gasteiger partial charge in [0.15, 0.2) is 11.0 Å². The summed E-state index contributed by atoms with van der Waals surface area (Å²) in [5.74, 6) is 3.84. The number of halogens is 2. The van der Waals surface area contributed by atoms with Gasteiger partial charge in [-0.05, 0) is 79.8 Å². The molecule has 11 heteroatoms. The number of aromatic nitrogens is 3. The molecule has 5 heterocycles. The highest BCUT2D eigenvalue weighted by Crippen LogP contribution is 2.47. The van der Waals surface area contributed by atoms with Crippen molar-refractivity contribution in [3.05, 3.63) is 53.2 Å². The lowest BCUT2D eigenvalue weighted by Gasteiger charge is -2.49. The monoisotopic (exact) mass is 783 g/mol. The van der Waals surface area contributed by atoms with E-state index in [4.69, 9.17) is 19.7 Å². The molecule has 2 fully saturated rings. The molecular weight excluding hydrogens is 729 g/mol. The van der Waals surface area contributed by atoms with Crippen molar-refractivity contribution in [2.75, 3.05) is 17.2 Å². The number of rotatable bonds is 6. The van der Waals surface area contributed by atoms with Crippen molar-refractivity contribution < 1.29 is 18.3 Å². The maximum absolute atomic E-state index is 17.5. The predicted octanol–water partition coefficient (Wildman–Crippen LogP) is 11.0. The second-order valence-electron chi connectivity index (χ2n) is 17.7. The third-order valence-electron chi connectivity index (χ3n) is 12.3. The number of nitrogens with zero attached hydrogens (tertiary/aromatic N) is 5. The number of ether oxygens (including phenoxy) is 1. The molecule has 55 heavy (non-hydrogen) atoms. The Kier molecular flexibility index (Phi) is 10.5. The number of fused-ring (bicyclic) bond motifs is 6. The number of benzene rings is 2. The number of pyridine rings is 1. The number of hydrogen-bond donors (Lipinski definition) is 0. The summed E-state index contributed by atoms with van der Waals surface area (Å²) in [7, 11) is -2.22. The average molecular weight is 784 g/mol. The molecule has 0 spiro atoms. The minimum atomic E-state index is -2.22. The summed E-state index contributed by atoms with van der Waals surface area (Å²) >= 11 is 1.47. The van der Waals surface area contributed by atoms with E-state index in [2.05, 4.69) is 64.8 Å². The predicted molar refractivity (Wildman–Crippen MR) is 223 cm³/mol. The summed E-state index contributed by atoms with van der Waals surface area (Å²) in [4.78, 5) is 33.1. The summed E-state index contributed by atoms with van der Waals surface area (Å²) in [5.41, 5.74) is 6.06. The molecule has 0 N–H and O–H groups in total. The minimum absolute atomic E-state index is 0.0343. The summed E-state index contributed by atoms with van der Waals surface area (Å²) in [6.45, 7) is 23.9. The molecule has 4 aromatic rings. The maximum atomic E-state index is 17.5. The highest BCUT2D eigenvalue weighted by atomic mass is 32.2. The van der Waals surface area contributed by atoms with Crippen LogP contribution in [0.4, 0.5) is 19.4 Å². The van der Waals surface area contributed by atoms with Crippen molar-refractivity contribution in [3.8, 4) is 22.7 Å². The van der Waals surface area contributed by atoms with Crippen molar-refractivity contribution in [1.82, 2.24) is 19.9 Å². The smallest absolute Gasteiger partial charge is 0.410 e. The zero-order valence-electron chi connectivity index (χ0n) is 34.2. The van der Waals surface area contributed by atoms with Crippen LogP contribution in [-0.2, 0) is 11.2 Å². The molecule has 7 rings (SSSR count). The van der Waals surface area contributed by atoms with Gasteiger partial charge >= 0.3 is 6.09 Å². The van der Waals surface area contributed by atoms with Gasteiger partial charge in [-0.15, -0.1) is 5.54 Å². The number of thioether (sulfide) groups is 1. The van der Waals surface area contributed by atoms with Gasteiger partial charge in [-0.25, -0.2) is 28.5 Å². The first kappa shape index (κ1) is 39.5. The highest BCUT2D eigenvalue weighted by molar-refractivity contribution is 7.99. The van der Waals surface area contributed by atoms with Crippen LogP contribution in [0, 0.1) is 29.0 Å². The minimum Gasteiger partial charge on any atom is -0.444 e. The molecule has 292 valence electrons. The van der Waals surface area contributed by atoms with Crippen LogP contribution in [0.15, 0.2) is 35.5 Å². The van der Waals surface area contributed by atoms with E-state index in [-0.39, 0.29) is 46.9 Å². The van der Waals surface area contributed by atoms with Gasteiger partial charge in [0.1, 0.15) is 36.5 Å². The quantitative estimate of drug-likeness (QED) is 0.0834. The Labute approximate surface area is 330 Å². The molecule has 2 saturated heterocycles. The van der Waals surface area contributed by atoms with Gasteiger partial charge in [-0.2, -0.15) is 0 Å². The van der Waals surface area contributed by atoms with Crippen LogP contribution in [0.2, 0.25) is 16.6 Å². The molecular formula is C44H55F2N5O2SSi. The molecule has 3 aliphatic heterocycles. The van der Waals surface area contributed by atoms with Gasteiger partial charge in [0.25, 0.3) is 0 Å². The molecule has 0 unspecified atom stereocenters. The van der Waals surface area contributed by atoms with Crippen LogP contribution in [0.25, 0.3) is 32.9 Å². The second-order valence-corrected chi connectivity index (χ2v) is 24.5. The first-order valence-electron chi connectivity index (χ1n) is 20.0. The van der Waals surface area contributed by atoms with Crippen molar-refractivity contribution in [2.24, 2.45) is 5.92 Å². The highest BCUT2D eigenvalue weighted by Gasteiger charge is 2.53. The zero-order chi connectivity index (χ0) is 39.7. The summed E-state index contributed by atoms with van der Waals surface area (Å²) in [6, 6.07) is 8.63. The van der Waals surface area contributed by atoms with Crippen molar-refractivity contribution in [3.63, 3.8) is 0 Å². The van der Waals surface area contributed by atoms with E-state index >= 15 is 8.78 Å². The Morgan fingerprint density at radius 1 is 1.00 bits per heavy atom. The molecule has 2 aromatic carbocycles. The number of piperazine rings is 1. The molecule has 2 aromatic heterocycles. The maximum Gasteiger partial charge on any atom is 0.410 e. The molecule has 2 bridgehead atoms. The molecule has 3 aliphatic rings. The fourth-order valence-electron chi connectivity index (χ4n) is 10.1. The Morgan fingerprint density at radius 2 is 1.71 bits per heavy atom. The van der Waals surface area contributed by atoms with Crippen LogP contribution >= 0.6 is 11.8 Å². The second kappa shape index (κ2) is 14.6. The lowest BCUT2D eigenvalue weighted by molar-refractivity contribution is 0.00491. The van der Waals surface area contributed by atoms with Crippen molar-refractivity contribution in [1.29, 1.82) is 0 Å². The van der Waals surface area contributed by atoms with E-state index in [9.17, 15) is 4.79 Å². The Hall–Kier alpha value is -3.75. The van der Waals surface area contributed by atoms with Gasteiger partial charge in [-0.1, -0.05) is 97.3 Å². The van der Waals surface area contributed by atoms with Crippen LogP contribution in [-0.4, -0.2) is 70.0 Å². The molecule has 0 radical (unpaired) electrons. The molecule has 7 nitrogen and oxygen atoms in total. The number of hydrogen-bond acceptors (Lipinski definition) is 7. The SMILES string of the molecule is CCSc1nc2c3c(nc(-c4cccc5ccc(F)c(C#C[Si](C(C)C)(C(C)C)C(C)C)c45)c(F)c3n1)C[C@H](C)[C@H]1[C@@H]3CC[C@H](CN21)N3C(=O)OC(C)(C)C. The Morgan fingerprint density at radius 3 is 2.36 bits per heavy atom. The van der Waals surface area contributed by atoms with E-state index in [1.807, 2.05) is 50.8 Å². The Balaban J connectivity index is 1.44. The third kappa shape index (κ3) is 6.69. The fourth-order valence-corrected chi connectivity index (χ4v) is 15.9. The van der Waals surface area contributed by atoms with Gasteiger partial charge in [0, 0.05) is 17.5 Å². The molecule has 1 amide bonds. The standard InChI is InChI=1S/C44H55F2N5O2SSi/c1-12-54-42-48-39-36-33(22-27(8)40-34-19-17-29(23-50(40)41(36)49-42)51(34)43(52)53-44(9,10)11)47-38(37(39)46)31-15-13-14-28-16-18-32(45)30(35(28)31)20-21-55(24(2)3,25(4)5)26(6)7/h13-16,18,24-27,29,34,40H,12,17,19,22-23H2,1-11H3/t27-,29+,34-,40-/m0/s1. The topological polar surface area (TPSA) is 71.5 Å². The van der Waals surface area contributed by atoms with Gasteiger partial charge < -0.3 is 9.64 Å². The largest absolute Gasteiger partial charge is 0.444 e. The summed E-state index contributed by atoms with van der Waals surface area (Å²) in [6.07, 6.45) is 1.96. The van der Waals surface area contributed by atoms with E-state index in [1.54, 1.807) is 6.07 Å². The van der Waals surface area contributed by atoms with E-state index in [1.165, 1.54) is 17.8 Å². The van der Waals surface area contributed by atoms with E-state index in [0.717, 1.165) is 18.2 Å². The van der Waals surface area contributed by atoms with E-state index in [0.29, 0.717) is 68.3 Å². The fraction of sp³-hybridized carbons (Fsp3) is 0.545. The third-order valence-corrected chi connectivity index (χ3v) is 19.3. The molecule has 0 saturated carbocycles. The summed E-state index contributed by atoms with van der Waals surface area (Å²) < 4.78 is 39.6. The van der Waals surface area contributed by atoms with Crippen LogP contribution in [0.1, 0.15) is 100 Å². The van der Waals surface area contributed by atoms with Crippen LogP contribution in [0.3, 0.4) is 0 Å². The van der Waals surface area contributed by atoms with Crippen molar-refractivity contribution in [2.45, 2.75) is 141 Å². The first-order chi connectivity index (χ1) is 26.0. The van der Waals surface area contributed by atoms with Gasteiger partial charge in [0.2, 0.25) is 0 Å². The van der Waals surface area contributed by atoms with Crippen molar-refractivity contribution >= 4 is 53.4 Å². The number of carbonyl (C=O) groups excluding carboxylic acids is 1. The zero-order valence-corrected chi connectivity index (χ0v) is 36.0. The lowest BCUT2D eigenvalue weighted by atomic mass is 9.88. The number of carbonyl (C=O) groups is 1. The number of anilines is 1. The van der Waals surface area contributed by atoms with Crippen LogP contribution in [0.5, 0.6) is 0 Å². The van der Waals surface area contributed by atoms with Crippen LogP contribution < -0.4 is 4.90 Å². The Bertz CT molecular complexity index is 2210. The normalized spacial score (nSPS) is 21.0.